The number of rotatable bonds is 0. The molecule has 0 rings (SSSR count). The Labute approximate surface area is 164 Å². The molecule has 160 valence electrons. The molecule has 0 bridgehead atoms. The molecule has 0 spiro atoms. The smallest absolute Gasteiger partial charge is 0.822 e. The van der Waals surface area contributed by atoms with E-state index in [1.54, 1.807) is 0 Å². The van der Waals surface area contributed by atoms with Crippen LogP contribution in [0.25, 0.3) is 0 Å². The molecule has 0 atom stereocenters. The van der Waals surface area contributed by atoms with Crippen molar-refractivity contribution >= 4 is 39.1 Å². The van der Waals surface area contributed by atoms with Crippen molar-refractivity contribution in [3.63, 3.8) is 0 Å². The molecular weight excluding hydrogens is 498 g/mol. The van der Waals surface area contributed by atoms with E-state index in [-0.39, 0.29) is 29.6 Å². The van der Waals surface area contributed by atoms with E-state index < -0.39 is 39.1 Å². The summed E-state index contributed by atoms with van der Waals surface area (Å²) in [5.74, 6) is 0. The standard InChI is InChI=1S/Na.5H3O4P/c;5*1-5(2,3)4/h;5*(H3,1,2,3,4)/q+1;;;;;/p-15. The average Bonchev–Trinajstić information content (AvgIpc) is 1.79. The van der Waals surface area contributed by atoms with Crippen LogP contribution in [-0.2, 0) is 22.8 Å². The van der Waals surface area contributed by atoms with Gasteiger partial charge in [-0.05, 0) is 0 Å². The zero-order valence-electron chi connectivity index (χ0n) is 11.4. The summed E-state index contributed by atoms with van der Waals surface area (Å²) in [5, 5.41) is 0. The first-order chi connectivity index (χ1) is 10.0. The molecule has 0 aliphatic rings. The fourth-order valence-electron chi connectivity index (χ4n) is 0. The van der Waals surface area contributed by atoms with Crippen molar-refractivity contribution < 1.29 is 126 Å². The molecule has 26 heteroatoms. The second kappa shape index (κ2) is 17.4. The molecule has 0 unspecified atom stereocenters. The Kier molecular flexibility index (Phi) is 28.0. The molecule has 20 nitrogen and oxygen atoms in total. The Morgan fingerprint density at radius 3 is 0.269 bits per heavy atom. The first-order valence-corrected chi connectivity index (χ1v) is 11.0. The molecule has 0 aromatic rings. The zero-order chi connectivity index (χ0) is 22.5. The van der Waals surface area contributed by atoms with E-state index in [1.165, 1.54) is 0 Å². The van der Waals surface area contributed by atoms with E-state index in [0.29, 0.717) is 0 Å². The van der Waals surface area contributed by atoms with Gasteiger partial charge in [-0.3, -0.25) is 0 Å². The van der Waals surface area contributed by atoms with E-state index >= 15 is 0 Å². The van der Waals surface area contributed by atoms with Crippen molar-refractivity contribution in [1.29, 1.82) is 0 Å². The topological polar surface area (TPSA) is 431 Å². The molecule has 0 aliphatic heterocycles. The molecule has 0 radical (unpaired) electrons. The van der Waals surface area contributed by atoms with Crippen LogP contribution < -0.4 is 103 Å². The van der Waals surface area contributed by atoms with Crippen LogP contribution in [0.5, 0.6) is 0 Å². The minimum absolute atomic E-state index is 0. The van der Waals surface area contributed by atoms with Gasteiger partial charge in [0, 0.05) is 0 Å². The molecule has 0 saturated heterocycles. The molecule has 0 heterocycles. The van der Waals surface area contributed by atoms with Crippen LogP contribution in [0.3, 0.4) is 0 Å². The maximum Gasteiger partial charge on any atom is 1.00 e. The van der Waals surface area contributed by atoms with Crippen LogP contribution in [0.15, 0.2) is 0 Å². The van der Waals surface area contributed by atoms with Gasteiger partial charge in [0.25, 0.3) is 0 Å². The fraction of sp³-hybridized carbons (Fsp3) is 0. The normalized spacial score (nSPS) is 11.3. The second-order valence-corrected chi connectivity index (χ2v) is 6.71. The summed E-state index contributed by atoms with van der Waals surface area (Å²) >= 11 is 0. The molecule has 26 heavy (non-hydrogen) atoms. The third-order valence-electron chi connectivity index (χ3n) is 0. The van der Waals surface area contributed by atoms with Crippen LogP contribution in [0.4, 0.5) is 0 Å². The van der Waals surface area contributed by atoms with Crippen LogP contribution in [0.2, 0.25) is 0 Å². The summed E-state index contributed by atoms with van der Waals surface area (Å²) in [6.45, 7) is 0. The Morgan fingerprint density at radius 2 is 0.269 bits per heavy atom. The summed E-state index contributed by atoms with van der Waals surface area (Å²) in [7, 11) is -26.9. The third kappa shape index (κ3) is 6410. The van der Waals surface area contributed by atoms with Crippen molar-refractivity contribution in [2.75, 3.05) is 0 Å². The number of hydrogen-bond acceptors (Lipinski definition) is 20. The van der Waals surface area contributed by atoms with Gasteiger partial charge in [-0.1, -0.05) is 0 Å². The first kappa shape index (κ1) is 41.8. The van der Waals surface area contributed by atoms with E-state index in [0.717, 1.165) is 0 Å². The minimum atomic E-state index is -5.39. The second-order valence-electron chi connectivity index (χ2n) is 2.24. The predicted molar refractivity (Wildman–Crippen MR) is 38.0 cm³/mol. The maximum atomic E-state index is 8.55. The third-order valence-corrected chi connectivity index (χ3v) is 0. The van der Waals surface area contributed by atoms with Crippen molar-refractivity contribution in [2.24, 2.45) is 0 Å². The van der Waals surface area contributed by atoms with Crippen molar-refractivity contribution in [3.05, 3.63) is 0 Å². The van der Waals surface area contributed by atoms with Crippen LogP contribution in [0.1, 0.15) is 0 Å². The Hall–Kier alpha value is 1.55. The van der Waals surface area contributed by atoms with E-state index in [1.807, 2.05) is 0 Å². The van der Waals surface area contributed by atoms with Gasteiger partial charge in [-0.2, -0.15) is 39.1 Å². The van der Waals surface area contributed by atoms with E-state index in [2.05, 4.69) is 0 Å². The van der Waals surface area contributed by atoms with Crippen molar-refractivity contribution in [3.8, 4) is 0 Å². The molecule has 0 saturated carbocycles. The number of phosphoric acid groups is 5. The SMILES string of the molecule is O=P([O-])([O-])[O-].O=P([O-])([O-])[O-].O=P([O-])([O-])[O-].O=P([O-])([O-])[O-].O=P([O-])([O-])[O-].[Na+]. The summed E-state index contributed by atoms with van der Waals surface area (Å²) < 4.78 is 42.7. The van der Waals surface area contributed by atoms with Gasteiger partial charge < -0.3 is 96.2 Å². The van der Waals surface area contributed by atoms with Gasteiger partial charge in [0.1, 0.15) is 0 Å². The van der Waals surface area contributed by atoms with Gasteiger partial charge in [0.2, 0.25) is 0 Å². The molecule has 0 N–H and O–H groups in total. The van der Waals surface area contributed by atoms with Crippen LogP contribution in [0, 0.1) is 0 Å². The van der Waals surface area contributed by atoms with Crippen molar-refractivity contribution in [1.82, 2.24) is 0 Å². The monoisotopic (exact) mass is 498 g/mol. The van der Waals surface area contributed by atoms with Gasteiger partial charge >= 0.3 is 29.6 Å². The van der Waals surface area contributed by atoms with Gasteiger partial charge in [0.05, 0.1) is 0 Å². The van der Waals surface area contributed by atoms with E-state index in [4.69, 9.17) is 96.2 Å². The van der Waals surface area contributed by atoms with E-state index in [9.17, 15) is 0 Å². The van der Waals surface area contributed by atoms with Gasteiger partial charge in [0.15, 0.2) is 0 Å². The minimum Gasteiger partial charge on any atom is -0.822 e. The first-order valence-electron chi connectivity index (χ1n) is 3.65. The average molecular weight is 498 g/mol. The molecule has 0 aliphatic carbocycles. The summed E-state index contributed by atoms with van der Waals surface area (Å²) in [6.07, 6.45) is 0. The van der Waals surface area contributed by atoms with Gasteiger partial charge in [-0.25, -0.2) is 0 Å². The summed E-state index contributed by atoms with van der Waals surface area (Å²) in [6, 6.07) is 0. The summed E-state index contributed by atoms with van der Waals surface area (Å²) in [4.78, 5) is 128. The molecule has 0 amide bonds. The quantitative estimate of drug-likeness (QED) is 0.221. The number of hydrogen-bond donors (Lipinski definition) is 0. The van der Waals surface area contributed by atoms with Gasteiger partial charge in [-0.15, -0.1) is 0 Å². The Morgan fingerprint density at radius 1 is 0.269 bits per heavy atom. The largest absolute Gasteiger partial charge is 1.00 e. The van der Waals surface area contributed by atoms with Crippen LogP contribution in [-0.4, -0.2) is 0 Å². The molecule has 0 fully saturated rings. The molecule has 0 aromatic carbocycles. The maximum absolute atomic E-state index is 8.55. The Balaban J connectivity index is -0.0000000476. The van der Waals surface area contributed by atoms with Crippen LogP contribution >= 0.6 is 39.1 Å². The predicted octanol–water partition coefficient (Wildman–Crippen LogP) is -17.1. The molecule has 0 aromatic heterocycles. The fourth-order valence-corrected chi connectivity index (χ4v) is 0. The molecular formula is NaO20P5-14. The Bertz CT molecular complexity index is 371. The summed E-state index contributed by atoms with van der Waals surface area (Å²) in [5.41, 5.74) is 0. The zero-order valence-corrected chi connectivity index (χ0v) is 17.9. The van der Waals surface area contributed by atoms with Crippen molar-refractivity contribution in [2.45, 2.75) is 0 Å².